The molecule has 0 spiro atoms. The van der Waals surface area contributed by atoms with Crippen molar-refractivity contribution in [1.82, 2.24) is 20.9 Å². The average molecular weight is 573 g/mol. The van der Waals surface area contributed by atoms with E-state index in [0.717, 1.165) is 0 Å². The van der Waals surface area contributed by atoms with Gasteiger partial charge in [-0.1, -0.05) is 40.7 Å². The number of rotatable bonds is 12. The lowest BCUT2D eigenvalue weighted by Gasteiger charge is -2.40. The molecule has 224 valence electrons. The van der Waals surface area contributed by atoms with E-state index in [0.29, 0.717) is 29.6 Å². The lowest BCUT2D eigenvalue weighted by atomic mass is 9.67. The van der Waals surface area contributed by atoms with E-state index in [1.54, 1.807) is 24.3 Å². The monoisotopic (exact) mass is 572 g/mol. The second kappa shape index (κ2) is 13.0. The normalized spacial score (nSPS) is 17.4. The zero-order valence-corrected chi connectivity index (χ0v) is 24.3. The molecular formula is C29H40N4O8. The van der Waals surface area contributed by atoms with E-state index in [4.69, 9.17) is 9.84 Å². The Hall–Kier alpha value is -4.09. The van der Waals surface area contributed by atoms with Crippen molar-refractivity contribution in [2.24, 2.45) is 23.2 Å². The van der Waals surface area contributed by atoms with Gasteiger partial charge in [0.15, 0.2) is 12.4 Å². The fourth-order valence-electron chi connectivity index (χ4n) is 5.51. The Labute approximate surface area is 238 Å². The van der Waals surface area contributed by atoms with Gasteiger partial charge in [0.25, 0.3) is 5.91 Å². The molecule has 12 nitrogen and oxygen atoms in total. The molecule has 3 rings (SSSR count). The number of nitrogens with one attached hydrogen (secondary N) is 4. The number of carbonyl (C=O) groups excluding carboxylic acids is 4. The van der Waals surface area contributed by atoms with Crippen LogP contribution in [-0.2, 0) is 19.1 Å². The number of Topliss-reactive ketones (excluding diaryl/α,β-unsaturated/α-hetero) is 1. The highest BCUT2D eigenvalue weighted by molar-refractivity contribution is 6.02. The molecule has 0 aliphatic carbocycles. The molecule has 0 bridgehead atoms. The number of hydrogen-bond acceptors (Lipinski definition) is 7. The summed E-state index contributed by atoms with van der Waals surface area (Å²) < 4.78 is 9.91. The van der Waals surface area contributed by atoms with Gasteiger partial charge in [0.2, 0.25) is 11.8 Å². The van der Waals surface area contributed by atoms with E-state index in [9.17, 15) is 24.0 Å². The van der Waals surface area contributed by atoms with E-state index in [1.807, 2.05) is 34.6 Å². The third kappa shape index (κ3) is 7.77. The van der Waals surface area contributed by atoms with Crippen LogP contribution in [0.15, 0.2) is 24.3 Å². The first kappa shape index (κ1) is 31.4. The van der Waals surface area contributed by atoms with Crippen LogP contribution in [0.5, 0.6) is 5.75 Å². The van der Waals surface area contributed by atoms with Crippen molar-refractivity contribution in [3.63, 3.8) is 0 Å². The van der Waals surface area contributed by atoms with Crippen molar-refractivity contribution < 1.29 is 38.6 Å². The first-order valence-corrected chi connectivity index (χ1v) is 13.7. The molecular weight excluding hydrogens is 532 g/mol. The van der Waals surface area contributed by atoms with E-state index in [-0.39, 0.29) is 23.9 Å². The van der Waals surface area contributed by atoms with E-state index in [1.165, 1.54) is 7.11 Å². The number of benzene rings is 1. The summed E-state index contributed by atoms with van der Waals surface area (Å²) in [6, 6.07) is 4.74. The third-order valence-electron chi connectivity index (χ3n) is 7.28. The van der Waals surface area contributed by atoms with Crippen molar-refractivity contribution in [3.05, 3.63) is 30.0 Å². The van der Waals surface area contributed by atoms with Gasteiger partial charge in [0, 0.05) is 29.3 Å². The highest BCUT2D eigenvalue weighted by Gasteiger charge is 2.47. The van der Waals surface area contributed by atoms with Crippen LogP contribution in [0.4, 0.5) is 4.79 Å². The van der Waals surface area contributed by atoms with Crippen LogP contribution in [0.1, 0.15) is 57.9 Å². The quantitative estimate of drug-likeness (QED) is 0.241. The molecule has 2 heterocycles. The summed E-state index contributed by atoms with van der Waals surface area (Å²) in [5, 5.41) is 18.0. The summed E-state index contributed by atoms with van der Waals surface area (Å²) in [6.45, 7) is 8.98. The fourth-order valence-corrected chi connectivity index (χ4v) is 5.51. The van der Waals surface area contributed by atoms with Crippen LogP contribution in [0.2, 0.25) is 0 Å². The van der Waals surface area contributed by atoms with Crippen molar-refractivity contribution in [3.8, 4) is 5.75 Å². The topological polar surface area (TPSA) is 176 Å². The zero-order valence-electron chi connectivity index (χ0n) is 24.3. The number of carbonyl (C=O) groups is 5. The van der Waals surface area contributed by atoms with Crippen LogP contribution >= 0.6 is 0 Å². The molecule has 1 aromatic carbocycles. The Morgan fingerprint density at radius 3 is 2.41 bits per heavy atom. The van der Waals surface area contributed by atoms with Gasteiger partial charge in [-0.2, -0.15) is 0 Å². The van der Waals surface area contributed by atoms with Gasteiger partial charge in [-0.15, -0.1) is 0 Å². The number of methoxy groups -OCH3 is 1. The Morgan fingerprint density at radius 2 is 1.85 bits per heavy atom. The molecule has 1 fully saturated rings. The summed E-state index contributed by atoms with van der Waals surface area (Å²) in [5.74, 6) is -2.74. The maximum atomic E-state index is 13.7. The number of amides is 3. The average Bonchev–Trinajstić information content (AvgIpc) is 3.51. The van der Waals surface area contributed by atoms with Gasteiger partial charge in [-0.05, 0) is 42.4 Å². The fraction of sp³-hybridized carbons (Fsp3) is 0.552. The molecule has 4 atom stereocenters. The molecule has 1 aliphatic rings. The summed E-state index contributed by atoms with van der Waals surface area (Å²) in [7, 11) is 1.53. The lowest BCUT2D eigenvalue weighted by Crippen LogP contribution is -2.58. The standard InChI is InChI=1S/C29H40N4O8/c1-15(2)12-19(32-26(36)20-13-17-18(31-20)8-7-9-22(17)40-6)27(37)33-24(21(34)14-41-28(38)39)23(29(3,4)5)16-10-11-30-25(16)35/h7-9,13,15-16,19,23-24,31H,10-12,14H2,1-6H3,(H,30,35)(H,32,36)(H,33,37)(H,38,39)/t16-,19-,23?,24+/m0/s1. The van der Waals surface area contributed by atoms with Gasteiger partial charge in [-0.3, -0.25) is 19.2 Å². The number of aromatic nitrogens is 1. The predicted molar refractivity (Wildman–Crippen MR) is 151 cm³/mol. The Bertz CT molecular complexity index is 1300. The van der Waals surface area contributed by atoms with Gasteiger partial charge in [-0.25, -0.2) is 4.79 Å². The number of fused-ring (bicyclic) bond motifs is 1. The minimum atomic E-state index is -1.63. The molecule has 1 unspecified atom stereocenters. The number of aromatic amines is 1. The number of H-pyrrole nitrogens is 1. The SMILES string of the molecule is COc1cccc2[nH]c(C(=O)N[C@@H](CC(C)C)C(=O)N[C@H](C(=O)COC(=O)O)C([C@@H]3CCNC3=O)C(C)(C)C)cc12. The van der Waals surface area contributed by atoms with Crippen molar-refractivity contribution >= 4 is 40.6 Å². The summed E-state index contributed by atoms with van der Waals surface area (Å²) >= 11 is 0. The highest BCUT2D eigenvalue weighted by Crippen LogP contribution is 2.38. The van der Waals surface area contributed by atoms with Gasteiger partial charge < -0.3 is 35.5 Å². The minimum absolute atomic E-state index is 0.00243. The molecule has 0 saturated carbocycles. The zero-order chi connectivity index (χ0) is 30.5. The molecule has 1 saturated heterocycles. The first-order chi connectivity index (χ1) is 19.2. The van der Waals surface area contributed by atoms with E-state index in [2.05, 4.69) is 25.7 Å². The van der Waals surface area contributed by atoms with Crippen LogP contribution in [0, 0.1) is 23.2 Å². The number of ether oxygens (including phenoxy) is 2. The molecule has 3 amide bonds. The number of hydrogen-bond donors (Lipinski definition) is 5. The molecule has 1 aliphatic heterocycles. The summed E-state index contributed by atoms with van der Waals surface area (Å²) in [6.07, 6.45) is -0.914. The number of carboxylic acid groups (broad SMARTS) is 1. The Balaban J connectivity index is 1.91. The lowest BCUT2D eigenvalue weighted by molar-refractivity contribution is -0.136. The molecule has 5 N–H and O–H groups in total. The van der Waals surface area contributed by atoms with Gasteiger partial charge >= 0.3 is 6.16 Å². The maximum Gasteiger partial charge on any atom is 0.506 e. The smallest absolute Gasteiger partial charge is 0.496 e. The molecule has 1 aromatic heterocycles. The van der Waals surface area contributed by atoms with Crippen LogP contribution in [-0.4, -0.2) is 72.1 Å². The van der Waals surface area contributed by atoms with Crippen molar-refractivity contribution in [2.45, 2.75) is 59.5 Å². The second-order valence-electron chi connectivity index (χ2n) is 11.8. The van der Waals surface area contributed by atoms with Crippen molar-refractivity contribution in [2.75, 3.05) is 20.3 Å². The molecule has 2 aromatic rings. The Kier molecular flexibility index (Phi) is 10.0. The van der Waals surface area contributed by atoms with Gasteiger partial charge in [0.05, 0.1) is 13.2 Å². The van der Waals surface area contributed by atoms with E-state index < -0.39 is 59.7 Å². The minimum Gasteiger partial charge on any atom is -0.496 e. The van der Waals surface area contributed by atoms with Crippen LogP contribution in [0.25, 0.3) is 10.9 Å². The third-order valence-corrected chi connectivity index (χ3v) is 7.28. The number of ketones is 1. The van der Waals surface area contributed by atoms with E-state index >= 15 is 0 Å². The molecule has 41 heavy (non-hydrogen) atoms. The second-order valence-corrected chi connectivity index (χ2v) is 11.8. The van der Waals surface area contributed by atoms with Gasteiger partial charge in [0.1, 0.15) is 17.5 Å². The van der Waals surface area contributed by atoms with Crippen LogP contribution in [0.3, 0.4) is 0 Å². The first-order valence-electron chi connectivity index (χ1n) is 13.7. The molecule has 0 radical (unpaired) electrons. The van der Waals surface area contributed by atoms with Crippen LogP contribution < -0.4 is 20.7 Å². The highest BCUT2D eigenvalue weighted by atomic mass is 16.7. The van der Waals surface area contributed by atoms with Crippen molar-refractivity contribution in [1.29, 1.82) is 0 Å². The summed E-state index contributed by atoms with van der Waals surface area (Å²) in [4.78, 5) is 67.1. The maximum absolute atomic E-state index is 13.7. The summed E-state index contributed by atoms with van der Waals surface area (Å²) in [5.41, 5.74) is 0.277. The predicted octanol–water partition coefficient (Wildman–Crippen LogP) is 2.87. The Morgan fingerprint density at radius 1 is 1.15 bits per heavy atom. The molecule has 12 heteroatoms. The largest absolute Gasteiger partial charge is 0.506 e.